The van der Waals surface area contributed by atoms with Gasteiger partial charge < -0.3 is 20.1 Å². The van der Waals surface area contributed by atoms with Gasteiger partial charge in [-0.25, -0.2) is 4.79 Å². The number of aliphatic carboxylic acids is 1. The Morgan fingerprint density at radius 2 is 1.64 bits per heavy atom. The van der Waals surface area contributed by atoms with Crippen molar-refractivity contribution >= 4 is 18.0 Å². The number of benzene rings is 1. The summed E-state index contributed by atoms with van der Waals surface area (Å²) < 4.78 is 6.26. The summed E-state index contributed by atoms with van der Waals surface area (Å²) in [5, 5.41) is 31.6. The molecule has 0 spiro atoms. The van der Waals surface area contributed by atoms with Gasteiger partial charge in [-0.2, -0.15) is 0 Å². The molecule has 5 aliphatic carbocycles. The molecule has 1 aromatic rings. The number of phenols is 1. The Labute approximate surface area is 269 Å². The SMILES string of the molecule is C[C@H]1[C@H](C)CC[C@]2(C(=O)O)CC[C@]3(COC(=O)/C=C/c4ccc(O)cc4)C(=CC[C@@H]4[C@@]5(C)CC[C@H](O)C(C)(C)C5CC[C@]43C)[C@H]12. The van der Waals surface area contributed by atoms with E-state index in [1.54, 1.807) is 30.3 Å². The van der Waals surface area contributed by atoms with Crippen molar-refractivity contribution in [1.29, 1.82) is 0 Å². The summed E-state index contributed by atoms with van der Waals surface area (Å²) in [7, 11) is 0. The minimum Gasteiger partial charge on any atom is -0.508 e. The smallest absolute Gasteiger partial charge is 0.330 e. The summed E-state index contributed by atoms with van der Waals surface area (Å²) in [6, 6.07) is 6.70. The Kier molecular flexibility index (Phi) is 7.90. The third-order valence-corrected chi connectivity index (χ3v) is 14.8. The molecule has 0 bridgehead atoms. The first-order valence-electron chi connectivity index (χ1n) is 17.4. The molecule has 5 aliphatic rings. The maximum atomic E-state index is 13.3. The number of hydrogen-bond acceptors (Lipinski definition) is 5. The second-order valence-corrected chi connectivity index (χ2v) is 16.8. The number of fused-ring (bicyclic) bond motifs is 7. The topological polar surface area (TPSA) is 104 Å². The fourth-order valence-corrected chi connectivity index (χ4v) is 12.0. The number of carbonyl (C=O) groups is 2. The van der Waals surface area contributed by atoms with E-state index in [9.17, 15) is 24.9 Å². The van der Waals surface area contributed by atoms with Crippen LogP contribution in [0.25, 0.3) is 6.08 Å². The number of phenolic OH excluding ortho intramolecular Hbond substituents is 1. The van der Waals surface area contributed by atoms with Gasteiger partial charge in [0.2, 0.25) is 0 Å². The third-order valence-electron chi connectivity index (χ3n) is 14.8. The lowest BCUT2D eigenvalue weighted by Gasteiger charge is -2.71. The Hall–Kier alpha value is -2.60. The van der Waals surface area contributed by atoms with Crippen LogP contribution in [-0.4, -0.2) is 40.0 Å². The largest absolute Gasteiger partial charge is 0.508 e. The van der Waals surface area contributed by atoms with Crippen molar-refractivity contribution in [3.63, 3.8) is 0 Å². The average molecular weight is 619 g/mol. The number of carbonyl (C=O) groups excluding carboxylic acids is 1. The minimum atomic E-state index is -0.773. The zero-order chi connectivity index (χ0) is 32.6. The van der Waals surface area contributed by atoms with Crippen LogP contribution in [0.3, 0.4) is 0 Å². The Morgan fingerprint density at radius 1 is 0.933 bits per heavy atom. The van der Waals surface area contributed by atoms with Crippen LogP contribution in [0.2, 0.25) is 0 Å². The molecule has 4 fully saturated rings. The summed E-state index contributed by atoms with van der Waals surface area (Å²) >= 11 is 0. The number of rotatable bonds is 5. The number of hydrogen-bond donors (Lipinski definition) is 3. The van der Waals surface area contributed by atoms with Crippen LogP contribution in [-0.2, 0) is 14.3 Å². The van der Waals surface area contributed by atoms with Crippen molar-refractivity contribution in [3.8, 4) is 5.75 Å². The molecule has 3 N–H and O–H groups in total. The molecule has 0 saturated heterocycles. The first-order valence-corrected chi connectivity index (χ1v) is 17.4. The van der Waals surface area contributed by atoms with Gasteiger partial charge in [0.1, 0.15) is 12.4 Å². The van der Waals surface area contributed by atoms with E-state index < -0.39 is 22.8 Å². The molecule has 1 unspecified atom stereocenters. The van der Waals surface area contributed by atoms with Crippen molar-refractivity contribution in [3.05, 3.63) is 47.6 Å². The van der Waals surface area contributed by atoms with E-state index in [4.69, 9.17) is 4.74 Å². The van der Waals surface area contributed by atoms with Crippen molar-refractivity contribution in [2.24, 2.45) is 56.7 Å². The number of aliphatic hydroxyl groups excluding tert-OH is 1. The number of ether oxygens (including phenoxy) is 1. The Morgan fingerprint density at radius 3 is 2.33 bits per heavy atom. The fourth-order valence-electron chi connectivity index (χ4n) is 12.0. The molecule has 0 aromatic heterocycles. The number of aromatic hydroxyl groups is 1. The van der Waals surface area contributed by atoms with Crippen molar-refractivity contribution in [1.82, 2.24) is 0 Å². The van der Waals surface area contributed by atoms with E-state index in [1.807, 2.05) is 0 Å². The molecule has 0 amide bonds. The molecule has 0 heterocycles. The molecular weight excluding hydrogens is 564 g/mol. The minimum absolute atomic E-state index is 0.0281. The molecule has 10 atom stereocenters. The molecule has 246 valence electrons. The fraction of sp³-hybridized carbons (Fsp3) is 0.692. The van der Waals surface area contributed by atoms with E-state index in [0.29, 0.717) is 37.0 Å². The first kappa shape index (κ1) is 32.3. The summed E-state index contributed by atoms with van der Waals surface area (Å²) in [5.41, 5.74) is 0.520. The van der Waals surface area contributed by atoms with Gasteiger partial charge in [-0.15, -0.1) is 0 Å². The van der Waals surface area contributed by atoms with Crippen LogP contribution >= 0.6 is 0 Å². The lowest BCUT2D eigenvalue weighted by Crippen LogP contribution is -2.67. The first-order chi connectivity index (χ1) is 21.1. The van der Waals surface area contributed by atoms with Gasteiger partial charge in [0, 0.05) is 11.5 Å². The lowest BCUT2D eigenvalue weighted by molar-refractivity contribution is -0.218. The number of aliphatic hydroxyl groups is 1. The summed E-state index contributed by atoms with van der Waals surface area (Å²) in [6.45, 7) is 14.2. The molecule has 6 rings (SSSR count). The average Bonchev–Trinajstić information content (AvgIpc) is 2.99. The van der Waals surface area contributed by atoms with Gasteiger partial charge in [-0.1, -0.05) is 65.3 Å². The van der Waals surface area contributed by atoms with Gasteiger partial charge in [0.05, 0.1) is 11.5 Å². The van der Waals surface area contributed by atoms with E-state index in [1.165, 1.54) is 11.6 Å². The van der Waals surface area contributed by atoms with Crippen LogP contribution in [0.4, 0.5) is 0 Å². The number of carboxylic acids is 1. The van der Waals surface area contributed by atoms with E-state index >= 15 is 0 Å². The van der Waals surface area contributed by atoms with E-state index in [-0.39, 0.29) is 46.5 Å². The number of allylic oxidation sites excluding steroid dienone is 1. The molecule has 4 saturated carbocycles. The zero-order valence-electron chi connectivity index (χ0n) is 28.1. The molecule has 6 nitrogen and oxygen atoms in total. The molecule has 0 aliphatic heterocycles. The standard InChI is InChI=1S/C39H54O6/c1-24-15-20-38(34(43)44)21-22-39(23-45-32(42)14-9-26-7-10-27(40)11-8-26)28(33(38)25(24)2)12-13-30-36(5)18-17-31(41)35(3,4)29(36)16-19-37(30,39)6/h7-12,14,24-25,29-31,33,40-41H,13,15-23H2,1-6H3,(H,43,44)/b14-9+/t24-,25+,29?,30-,31+,33+,36+,37-,38+,39+/m1/s1. The second-order valence-electron chi connectivity index (χ2n) is 16.8. The highest BCUT2D eigenvalue weighted by atomic mass is 16.5. The zero-order valence-corrected chi connectivity index (χ0v) is 28.1. The molecule has 1 aromatic carbocycles. The molecule has 0 radical (unpaired) electrons. The maximum absolute atomic E-state index is 13.3. The van der Waals surface area contributed by atoms with Crippen LogP contribution < -0.4 is 0 Å². The highest BCUT2D eigenvalue weighted by molar-refractivity contribution is 5.87. The van der Waals surface area contributed by atoms with Crippen LogP contribution in [0, 0.1) is 56.7 Å². The lowest BCUT2D eigenvalue weighted by atomic mass is 9.33. The van der Waals surface area contributed by atoms with Crippen molar-refractivity contribution in [2.45, 2.75) is 105 Å². The van der Waals surface area contributed by atoms with Gasteiger partial charge in [-0.3, -0.25) is 4.79 Å². The second kappa shape index (κ2) is 11.0. The number of carboxylic acid groups (broad SMARTS) is 1. The van der Waals surface area contributed by atoms with Gasteiger partial charge in [0.15, 0.2) is 0 Å². The monoisotopic (exact) mass is 618 g/mol. The highest BCUT2D eigenvalue weighted by Crippen LogP contribution is 2.76. The summed E-state index contributed by atoms with van der Waals surface area (Å²) in [4.78, 5) is 26.5. The molecule has 45 heavy (non-hydrogen) atoms. The normalized spacial score (nSPS) is 43.7. The maximum Gasteiger partial charge on any atom is 0.330 e. The molecule has 6 heteroatoms. The van der Waals surface area contributed by atoms with Gasteiger partial charge in [-0.05, 0) is 127 Å². The third kappa shape index (κ3) is 4.66. The summed E-state index contributed by atoms with van der Waals surface area (Å²) in [5.74, 6) is 0.422. The Balaban J connectivity index is 1.42. The predicted molar refractivity (Wildman–Crippen MR) is 175 cm³/mol. The van der Waals surface area contributed by atoms with Gasteiger partial charge >= 0.3 is 11.9 Å². The van der Waals surface area contributed by atoms with E-state index in [0.717, 1.165) is 44.1 Å². The van der Waals surface area contributed by atoms with Crippen LogP contribution in [0.1, 0.15) is 105 Å². The molecular formula is C39H54O6. The van der Waals surface area contributed by atoms with Crippen LogP contribution in [0.15, 0.2) is 42.0 Å². The number of esters is 1. The Bertz CT molecular complexity index is 1390. The predicted octanol–water partition coefficient (Wildman–Crippen LogP) is 8.03. The highest BCUT2D eigenvalue weighted by Gasteiger charge is 2.71. The summed E-state index contributed by atoms with van der Waals surface area (Å²) in [6.07, 6.45) is 12.9. The quantitative estimate of drug-likeness (QED) is 0.175. The van der Waals surface area contributed by atoms with Gasteiger partial charge in [0.25, 0.3) is 0 Å². The van der Waals surface area contributed by atoms with Crippen molar-refractivity contribution in [2.75, 3.05) is 6.61 Å². The van der Waals surface area contributed by atoms with Crippen molar-refractivity contribution < 1.29 is 29.6 Å². The van der Waals surface area contributed by atoms with Crippen LogP contribution in [0.5, 0.6) is 5.75 Å². The van der Waals surface area contributed by atoms with E-state index in [2.05, 4.69) is 47.6 Å².